The van der Waals surface area contributed by atoms with E-state index in [9.17, 15) is 30.7 Å². The lowest BCUT2D eigenvalue weighted by Crippen LogP contribution is -2.38. The first-order valence-electron chi connectivity index (χ1n) is 14.1. The van der Waals surface area contributed by atoms with Gasteiger partial charge in [0.25, 0.3) is 0 Å². The fourth-order valence-electron chi connectivity index (χ4n) is 7.49. The van der Waals surface area contributed by atoms with Crippen molar-refractivity contribution in [1.82, 2.24) is 0 Å². The van der Waals surface area contributed by atoms with Crippen molar-refractivity contribution in [2.75, 3.05) is 0 Å². The van der Waals surface area contributed by atoms with E-state index in [2.05, 4.69) is 11.7 Å². The van der Waals surface area contributed by atoms with E-state index >= 15 is 0 Å². The molecule has 210 valence electrons. The normalized spacial score (nSPS) is 31.8. The molecule has 0 spiro atoms. The van der Waals surface area contributed by atoms with Crippen LogP contribution in [0.5, 0.6) is 5.75 Å². The lowest BCUT2D eigenvalue weighted by atomic mass is 9.65. The zero-order chi connectivity index (χ0) is 26.8. The van der Waals surface area contributed by atoms with Crippen LogP contribution < -0.4 is 4.74 Å². The Morgan fingerprint density at radius 2 is 1.08 bits per heavy atom. The molecule has 3 fully saturated rings. The predicted octanol–water partition coefficient (Wildman–Crippen LogP) is 10.2. The molecule has 3 aliphatic rings. The minimum absolute atomic E-state index is 0.181. The van der Waals surface area contributed by atoms with Crippen LogP contribution in [0.15, 0.2) is 12.1 Å². The lowest BCUT2D eigenvalue weighted by Gasteiger charge is -2.42. The van der Waals surface area contributed by atoms with E-state index in [1.54, 1.807) is 0 Å². The van der Waals surface area contributed by atoms with Crippen molar-refractivity contribution in [3.05, 3.63) is 29.3 Å². The van der Waals surface area contributed by atoms with Gasteiger partial charge in [-0.05, 0) is 93.8 Å². The fraction of sp³-hybridized carbons (Fsp3) is 0.793. The zero-order valence-corrected chi connectivity index (χ0v) is 21.6. The van der Waals surface area contributed by atoms with Crippen LogP contribution in [0.4, 0.5) is 30.7 Å². The summed E-state index contributed by atoms with van der Waals surface area (Å²) in [7, 11) is 0. The number of ether oxygens (including phenoxy) is 1. The van der Waals surface area contributed by atoms with E-state index in [1.165, 1.54) is 51.4 Å². The molecule has 0 amide bonds. The second-order valence-corrected chi connectivity index (χ2v) is 11.8. The van der Waals surface area contributed by atoms with Crippen LogP contribution in [0, 0.1) is 47.1 Å². The van der Waals surface area contributed by atoms with Gasteiger partial charge >= 0.3 is 12.3 Å². The van der Waals surface area contributed by atoms with Crippen LogP contribution in [0.1, 0.15) is 102 Å². The predicted molar refractivity (Wildman–Crippen MR) is 128 cm³/mol. The SMILES string of the molecule is CCCC1CCC(C2CCC(C3CCC(C(F)(F)Oc4cc(F)c(C(F)(F)F)c(F)c4)CC3)CC2)CC1. The van der Waals surface area contributed by atoms with Crippen molar-refractivity contribution in [2.45, 2.75) is 109 Å². The third-order valence-electron chi connectivity index (χ3n) is 9.54. The van der Waals surface area contributed by atoms with Crippen molar-refractivity contribution in [3.63, 3.8) is 0 Å². The van der Waals surface area contributed by atoms with Crippen molar-refractivity contribution in [3.8, 4) is 5.75 Å². The monoisotopic (exact) mass is 536 g/mol. The fourth-order valence-corrected chi connectivity index (χ4v) is 7.49. The third kappa shape index (κ3) is 6.95. The molecule has 0 saturated heterocycles. The summed E-state index contributed by atoms with van der Waals surface area (Å²) in [6, 6.07) is 0.361. The van der Waals surface area contributed by atoms with Gasteiger partial charge in [-0.2, -0.15) is 22.0 Å². The van der Waals surface area contributed by atoms with E-state index in [-0.39, 0.29) is 25.0 Å². The van der Waals surface area contributed by atoms with Gasteiger partial charge in [-0.3, -0.25) is 0 Å². The van der Waals surface area contributed by atoms with Gasteiger partial charge in [-0.15, -0.1) is 0 Å². The summed E-state index contributed by atoms with van der Waals surface area (Å²) < 4.78 is 100. The quantitative estimate of drug-likeness (QED) is 0.315. The lowest BCUT2D eigenvalue weighted by molar-refractivity contribution is -0.224. The van der Waals surface area contributed by atoms with Gasteiger partial charge in [0.2, 0.25) is 0 Å². The first kappa shape index (κ1) is 28.5. The Kier molecular flexibility index (Phi) is 9.05. The summed E-state index contributed by atoms with van der Waals surface area (Å²) in [5, 5.41) is 0. The maximum Gasteiger partial charge on any atom is 0.422 e. The number of alkyl halides is 5. The van der Waals surface area contributed by atoms with Crippen LogP contribution in [0.2, 0.25) is 0 Å². The van der Waals surface area contributed by atoms with Crippen molar-refractivity contribution < 1.29 is 35.5 Å². The maximum absolute atomic E-state index is 14.8. The topological polar surface area (TPSA) is 9.23 Å². The van der Waals surface area contributed by atoms with E-state index in [1.807, 2.05) is 0 Å². The van der Waals surface area contributed by atoms with Gasteiger partial charge in [0.05, 0.1) is 5.92 Å². The summed E-state index contributed by atoms with van der Waals surface area (Å²) in [4.78, 5) is 0. The second kappa shape index (κ2) is 11.7. The molecule has 0 aromatic heterocycles. The Hall–Kier alpha value is -1.47. The van der Waals surface area contributed by atoms with Crippen LogP contribution in [0.3, 0.4) is 0 Å². The number of hydrogen-bond donors (Lipinski definition) is 0. The maximum atomic E-state index is 14.8. The van der Waals surface area contributed by atoms with Crippen LogP contribution in [-0.2, 0) is 6.18 Å². The first-order valence-corrected chi connectivity index (χ1v) is 14.1. The molecule has 1 nitrogen and oxygen atoms in total. The minimum atomic E-state index is -5.26. The molecule has 3 aliphatic carbocycles. The highest BCUT2D eigenvalue weighted by molar-refractivity contribution is 5.32. The molecular formula is C29H39F7O. The van der Waals surface area contributed by atoms with E-state index < -0.39 is 41.2 Å². The Bertz CT molecular complexity index is 852. The smallest absolute Gasteiger partial charge is 0.422 e. The van der Waals surface area contributed by atoms with Crippen LogP contribution >= 0.6 is 0 Å². The standard InChI is InChI=1S/C29H39F7O/c1-2-3-18-4-6-19(7-5-18)20-8-10-21(11-9-20)22-12-14-23(15-13-22)29(35,36)37-24-16-25(30)27(26(31)17-24)28(32,33)34/h16-23H,2-15H2,1H3. The summed E-state index contributed by atoms with van der Waals surface area (Å²) in [5.74, 6) is -2.48. The zero-order valence-electron chi connectivity index (χ0n) is 21.6. The van der Waals surface area contributed by atoms with Gasteiger partial charge < -0.3 is 4.74 Å². The van der Waals surface area contributed by atoms with Gasteiger partial charge in [0, 0.05) is 12.1 Å². The van der Waals surface area contributed by atoms with Crippen LogP contribution in [-0.4, -0.2) is 6.11 Å². The number of hydrogen-bond acceptors (Lipinski definition) is 1. The molecule has 0 N–H and O–H groups in total. The summed E-state index contributed by atoms with van der Waals surface area (Å²) in [5.41, 5.74) is -2.11. The average molecular weight is 537 g/mol. The molecular weight excluding hydrogens is 497 g/mol. The molecule has 0 aliphatic heterocycles. The van der Waals surface area contributed by atoms with Crippen molar-refractivity contribution in [2.24, 2.45) is 35.5 Å². The molecule has 3 saturated carbocycles. The van der Waals surface area contributed by atoms with E-state index in [0.29, 0.717) is 24.7 Å². The number of benzene rings is 1. The molecule has 8 heteroatoms. The Balaban J connectivity index is 1.24. The number of rotatable bonds is 7. The molecule has 0 unspecified atom stereocenters. The minimum Gasteiger partial charge on any atom is -0.432 e. The third-order valence-corrected chi connectivity index (χ3v) is 9.54. The second-order valence-electron chi connectivity index (χ2n) is 11.8. The largest absolute Gasteiger partial charge is 0.432 e. The van der Waals surface area contributed by atoms with E-state index in [0.717, 1.165) is 30.6 Å². The van der Waals surface area contributed by atoms with Gasteiger partial charge in [0.15, 0.2) is 0 Å². The molecule has 1 aromatic carbocycles. The van der Waals surface area contributed by atoms with E-state index in [4.69, 9.17) is 0 Å². The molecule has 0 atom stereocenters. The molecule has 37 heavy (non-hydrogen) atoms. The Morgan fingerprint density at radius 1 is 0.676 bits per heavy atom. The highest BCUT2D eigenvalue weighted by atomic mass is 19.4. The number of halogens is 7. The summed E-state index contributed by atoms with van der Waals surface area (Å²) in [6.45, 7) is 2.26. The van der Waals surface area contributed by atoms with Crippen molar-refractivity contribution in [1.29, 1.82) is 0 Å². The Morgan fingerprint density at radius 3 is 1.49 bits per heavy atom. The summed E-state index contributed by atoms with van der Waals surface area (Å²) in [6.07, 6.45) is 5.63. The highest BCUT2D eigenvalue weighted by Gasteiger charge is 2.46. The average Bonchev–Trinajstić information content (AvgIpc) is 2.83. The highest BCUT2D eigenvalue weighted by Crippen LogP contribution is 2.48. The molecule has 4 rings (SSSR count). The summed E-state index contributed by atoms with van der Waals surface area (Å²) >= 11 is 0. The Labute approximate surface area is 215 Å². The van der Waals surface area contributed by atoms with Gasteiger partial charge in [-0.25, -0.2) is 8.78 Å². The van der Waals surface area contributed by atoms with Gasteiger partial charge in [-0.1, -0.05) is 32.6 Å². The molecule has 0 bridgehead atoms. The molecule has 0 radical (unpaired) electrons. The molecule has 1 aromatic rings. The molecule has 0 heterocycles. The van der Waals surface area contributed by atoms with Crippen molar-refractivity contribution >= 4 is 0 Å². The first-order chi connectivity index (χ1) is 17.5. The van der Waals surface area contributed by atoms with Gasteiger partial charge in [0.1, 0.15) is 22.9 Å². The van der Waals surface area contributed by atoms with Crippen LogP contribution in [0.25, 0.3) is 0 Å².